The van der Waals surface area contributed by atoms with Crippen LogP contribution in [-0.4, -0.2) is 27.1 Å². The van der Waals surface area contributed by atoms with Crippen molar-refractivity contribution in [3.05, 3.63) is 59.1 Å². The molecule has 0 saturated carbocycles. The first-order valence-electron chi connectivity index (χ1n) is 7.35. The summed E-state index contributed by atoms with van der Waals surface area (Å²) in [5.74, 6) is -0.264. The molecule has 0 aliphatic rings. The van der Waals surface area contributed by atoms with Crippen LogP contribution in [0.25, 0.3) is 0 Å². The lowest BCUT2D eigenvalue weighted by atomic mass is 10.1. The van der Waals surface area contributed by atoms with Crippen LogP contribution in [0.2, 0.25) is 5.02 Å². The van der Waals surface area contributed by atoms with Gasteiger partial charge in [-0.3, -0.25) is 4.79 Å². The van der Waals surface area contributed by atoms with E-state index in [1.807, 2.05) is 25.1 Å². The Kier molecular flexibility index (Phi) is 5.99. The molecule has 2 N–H and O–H groups in total. The van der Waals surface area contributed by atoms with Crippen molar-refractivity contribution in [2.75, 3.05) is 18.1 Å². The van der Waals surface area contributed by atoms with Gasteiger partial charge in [0.1, 0.15) is 0 Å². The predicted octanol–water partition coefficient (Wildman–Crippen LogP) is 3.03. The maximum absolute atomic E-state index is 12.0. The smallest absolute Gasteiger partial charge is 0.238 e. The highest BCUT2D eigenvalue weighted by Gasteiger charge is 2.12. The molecule has 0 radical (unpaired) electrons. The minimum atomic E-state index is -3.31. The number of carbonyl (C=O) groups is 1. The Labute approximate surface area is 147 Å². The zero-order chi connectivity index (χ0) is 17.7. The van der Waals surface area contributed by atoms with Gasteiger partial charge in [-0.15, -0.1) is 0 Å². The molecule has 0 saturated heterocycles. The van der Waals surface area contributed by atoms with E-state index in [0.29, 0.717) is 10.7 Å². The van der Waals surface area contributed by atoms with E-state index >= 15 is 0 Å². The van der Waals surface area contributed by atoms with E-state index in [1.54, 1.807) is 18.2 Å². The van der Waals surface area contributed by atoms with Crippen LogP contribution in [0.4, 0.5) is 5.69 Å². The van der Waals surface area contributed by atoms with Crippen LogP contribution >= 0.6 is 11.6 Å². The van der Waals surface area contributed by atoms with E-state index in [-0.39, 0.29) is 23.4 Å². The number of hydrogen-bond donors (Lipinski definition) is 2. The quantitative estimate of drug-likeness (QED) is 0.824. The number of rotatable bonds is 6. The summed E-state index contributed by atoms with van der Waals surface area (Å²) in [4.78, 5) is 12.2. The Bertz CT molecular complexity index is 837. The fraction of sp³-hybridized carbons (Fsp3) is 0.235. The number of benzene rings is 2. The molecule has 5 nitrogen and oxygen atoms in total. The zero-order valence-electron chi connectivity index (χ0n) is 13.4. The molecule has 0 heterocycles. The van der Waals surface area contributed by atoms with E-state index in [9.17, 15) is 13.2 Å². The van der Waals surface area contributed by atoms with Crippen molar-refractivity contribution in [1.29, 1.82) is 0 Å². The van der Waals surface area contributed by atoms with Crippen LogP contribution in [-0.2, 0) is 14.6 Å². The number of carbonyl (C=O) groups excluding carboxylic acids is 1. The molecule has 0 unspecified atom stereocenters. The first-order chi connectivity index (χ1) is 11.3. The summed E-state index contributed by atoms with van der Waals surface area (Å²) in [5, 5.41) is 6.40. The Morgan fingerprint density at radius 3 is 2.54 bits per heavy atom. The standard InChI is InChI=1S/C17H19ClN2O3S/c1-12(15-8-3-4-9-16(15)18)19-11-17(21)20-13-6-5-7-14(10-13)24(2,22)23/h3-10,12,19H,11H2,1-2H3,(H,20,21)/t12-/m0/s1. The van der Waals surface area contributed by atoms with E-state index in [0.717, 1.165) is 11.8 Å². The fourth-order valence-corrected chi connectivity index (χ4v) is 3.16. The lowest BCUT2D eigenvalue weighted by Crippen LogP contribution is -2.30. The molecule has 0 bridgehead atoms. The van der Waals surface area contributed by atoms with Gasteiger partial charge in [-0.1, -0.05) is 35.9 Å². The summed E-state index contributed by atoms with van der Waals surface area (Å²) in [6, 6.07) is 13.5. The van der Waals surface area contributed by atoms with Gasteiger partial charge in [-0.05, 0) is 36.8 Å². The first kappa shape index (κ1) is 18.4. The van der Waals surface area contributed by atoms with Gasteiger partial charge < -0.3 is 10.6 Å². The van der Waals surface area contributed by atoms with Crippen molar-refractivity contribution < 1.29 is 13.2 Å². The minimum absolute atomic E-state index is 0.0789. The highest BCUT2D eigenvalue weighted by Crippen LogP contribution is 2.22. The monoisotopic (exact) mass is 366 g/mol. The largest absolute Gasteiger partial charge is 0.325 e. The topological polar surface area (TPSA) is 75.3 Å². The molecule has 7 heteroatoms. The van der Waals surface area contributed by atoms with E-state index in [4.69, 9.17) is 11.6 Å². The molecule has 128 valence electrons. The molecule has 1 amide bonds. The van der Waals surface area contributed by atoms with Crippen molar-refractivity contribution >= 4 is 33.0 Å². The lowest BCUT2D eigenvalue weighted by Gasteiger charge is -2.15. The molecule has 2 rings (SSSR count). The second kappa shape index (κ2) is 7.79. The Morgan fingerprint density at radius 2 is 1.88 bits per heavy atom. The Balaban J connectivity index is 1.96. The van der Waals surface area contributed by atoms with Gasteiger partial charge in [-0.2, -0.15) is 0 Å². The van der Waals surface area contributed by atoms with Gasteiger partial charge in [0, 0.05) is 23.0 Å². The number of anilines is 1. The molecular formula is C17H19ClN2O3S. The predicted molar refractivity (Wildman–Crippen MR) is 96.1 cm³/mol. The van der Waals surface area contributed by atoms with Crippen LogP contribution in [0, 0.1) is 0 Å². The molecule has 0 spiro atoms. The molecule has 2 aromatic rings. The molecule has 0 aromatic heterocycles. The SMILES string of the molecule is C[C@H](NCC(=O)Nc1cccc(S(C)(=O)=O)c1)c1ccccc1Cl. The summed E-state index contributed by atoms with van der Waals surface area (Å²) in [5.41, 5.74) is 1.35. The minimum Gasteiger partial charge on any atom is -0.325 e. The maximum atomic E-state index is 12.0. The third-order valence-electron chi connectivity index (χ3n) is 3.49. The van der Waals surface area contributed by atoms with Crippen LogP contribution in [0.15, 0.2) is 53.4 Å². The van der Waals surface area contributed by atoms with Crippen LogP contribution < -0.4 is 10.6 Å². The molecule has 1 atom stereocenters. The van der Waals surface area contributed by atoms with Crippen molar-refractivity contribution in [2.24, 2.45) is 0 Å². The van der Waals surface area contributed by atoms with Gasteiger partial charge in [0.05, 0.1) is 11.4 Å². The third-order valence-corrected chi connectivity index (χ3v) is 4.94. The summed E-state index contributed by atoms with van der Waals surface area (Å²) in [6.45, 7) is 1.99. The van der Waals surface area contributed by atoms with E-state index in [2.05, 4.69) is 10.6 Å². The molecule has 24 heavy (non-hydrogen) atoms. The van der Waals surface area contributed by atoms with Crippen molar-refractivity contribution in [1.82, 2.24) is 5.32 Å². The highest BCUT2D eigenvalue weighted by molar-refractivity contribution is 7.90. The van der Waals surface area contributed by atoms with Gasteiger partial charge in [0.15, 0.2) is 9.84 Å². The fourth-order valence-electron chi connectivity index (χ4n) is 2.19. The van der Waals surface area contributed by atoms with Crippen LogP contribution in [0.3, 0.4) is 0 Å². The van der Waals surface area contributed by atoms with Crippen molar-refractivity contribution in [2.45, 2.75) is 17.9 Å². The second-order valence-corrected chi connectivity index (χ2v) is 7.90. The molecule has 0 aliphatic heterocycles. The van der Waals surface area contributed by atoms with E-state index in [1.165, 1.54) is 12.1 Å². The van der Waals surface area contributed by atoms with Crippen LogP contribution in [0.1, 0.15) is 18.5 Å². The number of nitrogens with one attached hydrogen (secondary N) is 2. The number of hydrogen-bond acceptors (Lipinski definition) is 4. The van der Waals surface area contributed by atoms with Gasteiger partial charge in [0.25, 0.3) is 0 Å². The van der Waals surface area contributed by atoms with Crippen molar-refractivity contribution in [3.8, 4) is 0 Å². The van der Waals surface area contributed by atoms with Gasteiger partial charge in [-0.25, -0.2) is 8.42 Å². The normalized spacial score (nSPS) is 12.6. The molecule has 0 aliphatic carbocycles. The third kappa shape index (κ3) is 5.06. The lowest BCUT2D eigenvalue weighted by molar-refractivity contribution is -0.115. The molecular weight excluding hydrogens is 348 g/mol. The molecule has 2 aromatic carbocycles. The van der Waals surface area contributed by atoms with Gasteiger partial charge in [0.2, 0.25) is 5.91 Å². The highest BCUT2D eigenvalue weighted by atomic mass is 35.5. The number of sulfone groups is 1. The van der Waals surface area contributed by atoms with Gasteiger partial charge >= 0.3 is 0 Å². The summed E-state index contributed by atoms with van der Waals surface area (Å²) in [7, 11) is -3.31. The Morgan fingerprint density at radius 1 is 1.17 bits per heavy atom. The van der Waals surface area contributed by atoms with Crippen LogP contribution in [0.5, 0.6) is 0 Å². The number of halogens is 1. The van der Waals surface area contributed by atoms with E-state index < -0.39 is 9.84 Å². The summed E-state index contributed by atoms with van der Waals surface area (Å²) >= 11 is 6.13. The zero-order valence-corrected chi connectivity index (χ0v) is 15.0. The number of amides is 1. The average Bonchev–Trinajstić information content (AvgIpc) is 2.52. The average molecular weight is 367 g/mol. The molecule has 0 fully saturated rings. The first-order valence-corrected chi connectivity index (χ1v) is 9.62. The maximum Gasteiger partial charge on any atom is 0.238 e. The summed E-state index contributed by atoms with van der Waals surface area (Å²) in [6.07, 6.45) is 1.13. The summed E-state index contributed by atoms with van der Waals surface area (Å²) < 4.78 is 23.1. The Hall–Kier alpha value is -1.89. The van der Waals surface area contributed by atoms with Crippen molar-refractivity contribution in [3.63, 3.8) is 0 Å². The second-order valence-electron chi connectivity index (χ2n) is 5.47.